The smallest absolute Gasteiger partial charge is 0.306 e. The molecule has 0 fully saturated rings. The second kappa shape index (κ2) is 18.6. The van der Waals surface area contributed by atoms with Crippen molar-refractivity contribution in [1.82, 2.24) is 9.38 Å². The molecule has 0 aliphatic carbocycles. The number of aromatic hydroxyl groups is 2. The van der Waals surface area contributed by atoms with Crippen molar-refractivity contribution < 1.29 is 59.2 Å². The van der Waals surface area contributed by atoms with Crippen LogP contribution in [0.3, 0.4) is 0 Å². The summed E-state index contributed by atoms with van der Waals surface area (Å²) in [6.07, 6.45) is -0.465. The molecule has 28 heteroatoms. The molecule has 0 saturated carbocycles. The Morgan fingerprint density at radius 3 is 2.33 bits per heavy atom. The third-order valence-corrected chi connectivity index (χ3v) is 14.6. The maximum Gasteiger partial charge on any atom is 0.306 e. The molecule has 0 saturated heterocycles. The molecule has 2 aromatic heterocycles. The van der Waals surface area contributed by atoms with Gasteiger partial charge in [-0.05, 0) is 86.3 Å². The van der Waals surface area contributed by atoms with Gasteiger partial charge in [0.25, 0.3) is 20.2 Å². The molecule has 24 nitrogen and oxygen atoms in total. The average molecular weight is 1030 g/mol. The summed E-state index contributed by atoms with van der Waals surface area (Å²) in [6.45, 7) is 4.12. The number of rotatable bonds is 15. The number of para-hydroxylation sites is 2. The van der Waals surface area contributed by atoms with Gasteiger partial charge in [-0.25, -0.2) is 13.4 Å². The van der Waals surface area contributed by atoms with Crippen LogP contribution in [0.1, 0.15) is 30.0 Å². The zero-order valence-corrected chi connectivity index (χ0v) is 39.6. The van der Waals surface area contributed by atoms with E-state index >= 15 is 0 Å². The lowest BCUT2D eigenvalue weighted by Gasteiger charge is -2.12. The van der Waals surface area contributed by atoms with Crippen LogP contribution in [-0.2, 0) is 35.1 Å². The number of aliphatic carboxylic acids is 1. The fraction of sp³-hybridized carbons (Fsp3) is 0.167. The molecule has 3 heterocycles. The zero-order valence-electron chi connectivity index (χ0n) is 36.3. The molecule has 0 spiro atoms. The number of hydrogen-bond acceptors (Lipinski definition) is 20. The van der Waals surface area contributed by atoms with Gasteiger partial charge in [0.2, 0.25) is 15.9 Å². The number of imidazole rings is 1. The molecule has 1 atom stereocenters. The van der Waals surface area contributed by atoms with E-state index in [1.807, 2.05) is 0 Å². The Morgan fingerprint density at radius 1 is 0.900 bits per heavy atom. The number of nitrogens with one attached hydrogen (secondary N) is 2. The lowest BCUT2D eigenvalue weighted by molar-refractivity contribution is -0.137. The van der Waals surface area contributed by atoms with E-state index < -0.39 is 69.4 Å². The van der Waals surface area contributed by atoms with E-state index in [4.69, 9.17) is 4.74 Å². The summed E-state index contributed by atoms with van der Waals surface area (Å²) < 4.78 is 104. The van der Waals surface area contributed by atoms with E-state index in [0.717, 1.165) is 23.9 Å². The first-order valence-electron chi connectivity index (χ1n) is 20.2. The summed E-state index contributed by atoms with van der Waals surface area (Å²) in [5, 5.41) is 69.9. The van der Waals surface area contributed by atoms with Gasteiger partial charge in [0.15, 0.2) is 22.6 Å². The molecule has 360 valence electrons. The van der Waals surface area contributed by atoms with Crippen molar-refractivity contribution in [3.05, 3.63) is 89.5 Å². The number of ether oxygens (including phenoxy) is 1. The number of thioether (sulfide) groups is 1. The van der Waals surface area contributed by atoms with Gasteiger partial charge in [0.1, 0.15) is 38.5 Å². The molecule has 0 amide bonds. The monoisotopic (exact) mass is 1030 g/mol. The van der Waals surface area contributed by atoms with Gasteiger partial charge in [-0.15, -0.1) is 15.3 Å². The number of fused-ring (bicyclic) bond motifs is 5. The van der Waals surface area contributed by atoms with Crippen LogP contribution in [0.5, 0.6) is 17.4 Å². The predicted octanol–water partition coefficient (Wildman–Crippen LogP) is 9.06. The number of carbonyl (C=O) groups is 1. The predicted molar refractivity (Wildman–Crippen MR) is 254 cm³/mol. The Bertz CT molecular complexity index is 3860. The number of carboxylic acids is 1. The third kappa shape index (κ3) is 9.73. The van der Waals surface area contributed by atoms with Crippen LogP contribution in [0, 0.1) is 25.2 Å². The minimum Gasteiger partial charge on any atom is -0.505 e. The Hall–Kier alpha value is -7.81. The van der Waals surface area contributed by atoms with Crippen molar-refractivity contribution >= 4 is 115 Å². The van der Waals surface area contributed by atoms with Crippen molar-refractivity contribution in [3.8, 4) is 23.4 Å². The summed E-state index contributed by atoms with van der Waals surface area (Å²) in [4.78, 5) is 14.6. The van der Waals surface area contributed by atoms with Crippen molar-refractivity contribution in [1.29, 1.82) is 5.26 Å². The molecule has 70 heavy (non-hydrogen) atoms. The molecular formula is C42H35N11O13S4. The molecule has 0 radical (unpaired) electrons. The summed E-state index contributed by atoms with van der Waals surface area (Å²) in [5.74, 6) is -2.72. The normalized spacial score (nSPS) is 14.3. The van der Waals surface area contributed by atoms with Crippen LogP contribution >= 0.6 is 11.8 Å². The van der Waals surface area contributed by atoms with Gasteiger partial charge in [0, 0.05) is 21.9 Å². The summed E-state index contributed by atoms with van der Waals surface area (Å²) >= 11 is 0.943. The highest BCUT2D eigenvalue weighted by Gasteiger charge is 2.30. The maximum atomic E-state index is 12.8. The van der Waals surface area contributed by atoms with Crippen molar-refractivity contribution in [2.75, 3.05) is 22.4 Å². The molecule has 5 aromatic carbocycles. The van der Waals surface area contributed by atoms with Crippen LogP contribution in [0.15, 0.2) is 118 Å². The van der Waals surface area contributed by atoms with Crippen molar-refractivity contribution in [2.24, 2.45) is 30.7 Å². The van der Waals surface area contributed by atoms with E-state index in [1.54, 1.807) is 38.1 Å². The minimum absolute atomic E-state index is 0.0324. The number of nitriles is 1. The van der Waals surface area contributed by atoms with Gasteiger partial charge < -0.3 is 25.4 Å². The molecule has 7 aromatic rings. The first kappa shape index (κ1) is 48.6. The molecular weight excluding hydrogens is 995 g/mol. The standard InChI is InChI=1S/C42H35N11O13S4/c1-4-68(58,59)52-24-16-32-37(34(17-24)70(63,64)65)45-42(67-32)51-47-28-18-31(66-12-11-35(54)55)29(13-20(28)2)48-50-38-33(69(60,61)62)15-22-14-23(9-10-25(22)39(38)56)46-49-36-21(3)26(19-43)40-44-27-7-5-6-8-30(27)53(40)41(36)57/h5-10,13-18,42,45,52,56-57H,4,11-12H2,1-3H3,(H,54,55)(H,60,61,62)(H,63,64,65). The van der Waals surface area contributed by atoms with Gasteiger partial charge in [-0.1, -0.05) is 23.9 Å². The quantitative estimate of drug-likeness (QED) is 0.0372. The molecule has 0 bridgehead atoms. The number of hydrogen-bond donors (Lipinski definition) is 7. The number of phenols is 1. The lowest BCUT2D eigenvalue weighted by Crippen LogP contribution is -2.15. The first-order valence-corrected chi connectivity index (χ1v) is 25.6. The minimum atomic E-state index is -5.13. The fourth-order valence-electron chi connectivity index (χ4n) is 7.12. The summed E-state index contributed by atoms with van der Waals surface area (Å²) in [7, 11) is -13.8. The Kier molecular flexibility index (Phi) is 12.9. The van der Waals surface area contributed by atoms with E-state index in [1.165, 1.54) is 47.7 Å². The number of anilines is 2. The average Bonchev–Trinajstić information content (AvgIpc) is 3.89. The molecule has 1 aliphatic rings. The highest BCUT2D eigenvalue weighted by atomic mass is 32.2. The molecule has 1 unspecified atom stereocenters. The number of phenolic OH excluding ortho intramolecular Hbond substituents is 1. The van der Waals surface area contributed by atoms with Crippen LogP contribution in [0.25, 0.3) is 27.5 Å². The largest absolute Gasteiger partial charge is 0.505 e. The number of pyridine rings is 1. The number of sulfonamides is 1. The van der Waals surface area contributed by atoms with Crippen molar-refractivity contribution in [2.45, 2.75) is 47.4 Å². The summed E-state index contributed by atoms with van der Waals surface area (Å²) in [5.41, 5.74) is 0.212. The topological polar surface area (TPSA) is 369 Å². The number of aromatic nitrogens is 2. The Balaban J connectivity index is 1.11. The zero-order chi connectivity index (χ0) is 50.4. The second-order valence-electron chi connectivity index (χ2n) is 15.2. The molecule has 8 rings (SSSR count). The van der Waals surface area contributed by atoms with E-state index in [9.17, 15) is 59.7 Å². The molecule has 7 N–H and O–H groups in total. The number of benzene rings is 5. The number of aryl methyl sites for hydroxylation is 1. The highest BCUT2D eigenvalue weighted by Crippen LogP contribution is 2.47. The van der Waals surface area contributed by atoms with Crippen LogP contribution in [0.2, 0.25) is 0 Å². The third-order valence-electron chi connectivity index (χ3n) is 10.5. The molecule has 1 aliphatic heterocycles. The second-order valence-corrected chi connectivity index (χ2v) is 21.1. The van der Waals surface area contributed by atoms with Crippen molar-refractivity contribution in [3.63, 3.8) is 0 Å². The Morgan fingerprint density at radius 2 is 1.63 bits per heavy atom. The van der Waals surface area contributed by atoms with Gasteiger partial charge >= 0.3 is 5.97 Å². The number of carboxylic acid groups (broad SMARTS) is 1. The number of azo groups is 3. The maximum absolute atomic E-state index is 12.8. The first-order chi connectivity index (χ1) is 33.1. The summed E-state index contributed by atoms with van der Waals surface area (Å²) in [6, 6.07) is 19.1. The van der Waals surface area contributed by atoms with Gasteiger partial charge in [-0.2, -0.15) is 37.4 Å². The number of nitrogens with zero attached hydrogens (tertiary/aromatic N) is 9. The van der Waals surface area contributed by atoms with Gasteiger partial charge in [0.05, 0.1) is 52.6 Å². The van der Waals surface area contributed by atoms with E-state index in [2.05, 4.69) is 51.8 Å². The van der Waals surface area contributed by atoms with Crippen LogP contribution in [-0.4, -0.2) is 82.9 Å². The van der Waals surface area contributed by atoms with Crippen LogP contribution < -0.4 is 14.8 Å². The van der Waals surface area contributed by atoms with E-state index in [0.29, 0.717) is 16.6 Å². The highest BCUT2D eigenvalue weighted by molar-refractivity contribution is 8.00. The lowest BCUT2D eigenvalue weighted by atomic mass is 10.1. The fourth-order valence-corrected chi connectivity index (χ4v) is 10.2. The van der Waals surface area contributed by atoms with Gasteiger partial charge in [-0.3, -0.25) is 23.0 Å². The SMILES string of the molecule is CCS(=O)(=O)Nc1cc2c(c(S(=O)(=O)O)c1)NC(N=Nc1cc(OCCC(=O)O)c(N=Nc3c(S(=O)(=O)O)cc4cc(N=Nc5c(C)c(C#N)c6nc7ccccc7n6c5O)ccc4c3O)cc1C)S2. The van der Waals surface area contributed by atoms with Crippen LogP contribution in [0.4, 0.5) is 39.8 Å². The van der Waals surface area contributed by atoms with E-state index in [-0.39, 0.29) is 90.6 Å². The Labute approximate surface area is 400 Å².